The van der Waals surface area contributed by atoms with Gasteiger partial charge in [-0.25, -0.2) is 0 Å². The molecule has 0 aliphatic heterocycles. The van der Waals surface area contributed by atoms with Crippen molar-refractivity contribution >= 4 is 17.6 Å². The van der Waals surface area contributed by atoms with Gasteiger partial charge in [0.25, 0.3) is 0 Å². The number of methoxy groups -OCH3 is 1. The molecule has 0 unspecified atom stereocenters. The van der Waals surface area contributed by atoms with E-state index in [1.54, 1.807) is 6.07 Å². The fourth-order valence-corrected chi connectivity index (χ4v) is 2.52. The maximum absolute atomic E-state index is 12.4. The second-order valence-electron chi connectivity index (χ2n) is 5.19. The number of aliphatic carboxylic acids is 1. The highest BCUT2D eigenvalue weighted by Gasteiger charge is 2.34. The van der Waals surface area contributed by atoms with Crippen molar-refractivity contribution in [3.8, 4) is 5.75 Å². The van der Waals surface area contributed by atoms with E-state index in [2.05, 4.69) is 5.32 Å². The van der Waals surface area contributed by atoms with E-state index in [1.165, 1.54) is 7.11 Å². The number of benzene rings is 1. The number of hydrogen-bond acceptors (Lipinski definition) is 3. The first-order chi connectivity index (χ1) is 10.0. The van der Waals surface area contributed by atoms with Gasteiger partial charge in [0.2, 0.25) is 5.91 Å². The summed E-state index contributed by atoms with van der Waals surface area (Å²) in [4.78, 5) is 23.7. The van der Waals surface area contributed by atoms with Crippen LogP contribution < -0.4 is 10.1 Å². The summed E-state index contributed by atoms with van der Waals surface area (Å²) in [7, 11) is 1.53. The van der Waals surface area contributed by atoms with Crippen LogP contribution in [0.1, 0.15) is 18.4 Å². The Balaban J connectivity index is 2.19. The number of rotatable bonds is 4. The Morgan fingerprint density at radius 3 is 2.52 bits per heavy atom. The maximum atomic E-state index is 12.4. The first-order valence-corrected chi connectivity index (χ1v) is 6.86. The molecule has 1 aliphatic carbocycles. The molecule has 0 fully saturated rings. The highest BCUT2D eigenvalue weighted by molar-refractivity contribution is 5.96. The maximum Gasteiger partial charge on any atom is 0.307 e. The molecule has 21 heavy (non-hydrogen) atoms. The van der Waals surface area contributed by atoms with Crippen molar-refractivity contribution in [2.45, 2.75) is 19.8 Å². The molecule has 0 saturated carbocycles. The third-order valence-corrected chi connectivity index (χ3v) is 3.70. The summed E-state index contributed by atoms with van der Waals surface area (Å²) in [5.74, 6) is -1.89. The lowest BCUT2D eigenvalue weighted by atomic mass is 9.82. The molecule has 0 saturated heterocycles. The van der Waals surface area contributed by atoms with Gasteiger partial charge in [-0.2, -0.15) is 0 Å². The van der Waals surface area contributed by atoms with Gasteiger partial charge in [0.1, 0.15) is 5.75 Å². The van der Waals surface area contributed by atoms with Gasteiger partial charge >= 0.3 is 5.97 Å². The normalized spacial score (nSPS) is 20.9. The van der Waals surface area contributed by atoms with Crippen LogP contribution in [0.25, 0.3) is 0 Å². The van der Waals surface area contributed by atoms with E-state index in [-0.39, 0.29) is 5.91 Å². The van der Waals surface area contributed by atoms with Crippen LogP contribution in [0.2, 0.25) is 0 Å². The molecule has 0 aromatic heterocycles. The molecule has 5 heteroatoms. The molecule has 0 bridgehead atoms. The molecule has 0 heterocycles. The van der Waals surface area contributed by atoms with E-state index in [4.69, 9.17) is 4.74 Å². The number of ether oxygens (including phenoxy) is 1. The van der Waals surface area contributed by atoms with Crippen molar-refractivity contribution in [2.75, 3.05) is 12.4 Å². The average Bonchev–Trinajstić information content (AvgIpc) is 2.47. The predicted molar refractivity (Wildman–Crippen MR) is 79.4 cm³/mol. The molecule has 2 N–H and O–H groups in total. The summed E-state index contributed by atoms with van der Waals surface area (Å²) in [6.45, 7) is 1.92. The van der Waals surface area contributed by atoms with Crippen molar-refractivity contribution in [3.63, 3.8) is 0 Å². The number of hydrogen-bond donors (Lipinski definition) is 2. The number of nitrogens with one attached hydrogen (secondary N) is 1. The van der Waals surface area contributed by atoms with Crippen molar-refractivity contribution in [1.82, 2.24) is 0 Å². The van der Waals surface area contributed by atoms with Gasteiger partial charge in [-0.3, -0.25) is 9.59 Å². The number of carboxylic acids is 1. The number of allylic oxidation sites excluding steroid dienone is 2. The zero-order valence-electron chi connectivity index (χ0n) is 12.1. The minimum atomic E-state index is -0.935. The molecule has 1 aromatic carbocycles. The minimum Gasteiger partial charge on any atom is -0.495 e. The molecular weight excluding hydrogens is 270 g/mol. The zero-order chi connectivity index (χ0) is 15.4. The van der Waals surface area contributed by atoms with Gasteiger partial charge in [-0.05, 0) is 37.5 Å². The van der Waals surface area contributed by atoms with Gasteiger partial charge < -0.3 is 15.2 Å². The fourth-order valence-electron chi connectivity index (χ4n) is 2.52. The van der Waals surface area contributed by atoms with Crippen molar-refractivity contribution in [2.24, 2.45) is 11.8 Å². The molecular formula is C16H19NO4. The molecule has 2 atom stereocenters. The van der Waals surface area contributed by atoms with Crippen molar-refractivity contribution in [1.29, 1.82) is 0 Å². The number of carbonyl (C=O) groups is 2. The van der Waals surface area contributed by atoms with Crippen molar-refractivity contribution < 1.29 is 19.4 Å². The first-order valence-electron chi connectivity index (χ1n) is 6.86. The lowest BCUT2D eigenvalue weighted by molar-refractivity contribution is -0.146. The molecule has 1 aromatic rings. The summed E-state index contributed by atoms with van der Waals surface area (Å²) in [6, 6.07) is 5.48. The summed E-state index contributed by atoms with van der Waals surface area (Å²) < 4.78 is 5.22. The third kappa shape index (κ3) is 3.42. The van der Waals surface area contributed by atoms with E-state index >= 15 is 0 Å². The largest absolute Gasteiger partial charge is 0.495 e. The van der Waals surface area contributed by atoms with Crippen LogP contribution in [0.3, 0.4) is 0 Å². The monoisotopic (exact) mass is 289 g/mol. The van der Waals surface area contributed by atoms with Gasteiger partial charge in [0, 0.05) is 0 Å². The predicted octanol–water partition coefficient (Wildman–Crippen LogP) is 2.61. The van der Waals surface area contributed by atoms with Gasteiger partial charge in [-0.15, -0.1) is 0 Å². The number of aryl methyl sites for hydroxylation is 1. The topological polar surface area (TPSA) is 75.6 Å². The summed E-state index contributed by atoms with van der Waals surface area (Å²) in [5, 5.41) is 12.0. The lowest BCUT2D eigenvalue weighted by Crippen LogP contribution is -2.34. The standard InChI is InChI=1S/C16H19NO4/c1-10-7-8-14(21-2)13(9-10)17-15(18)11-5-3-4-6-12(11)16(19)20/h3-4,7-9,11-12H,5-6H2,1-2H3,(H,17,18)(H,19,20)/t11-,12-/m1/s1. The van der Waals surface area contributed by atoms with E-state index in [0.717, 1.165) is 5.56 Å². The highest BCUT2D eigenvalue weighted by Crippen LogP contribution is 2.30. The molecule has 1 amide bonds. The minimum absolute atomic E-state index is 0.282. The molecule has 0 radical (unpaired) electrons. The van der Waals surface area contributed by atoms with E-state index in [1.807, 2.05) is 31.2 Å². The Morgan fingerprint density at radius 2 is 1.90 bits per heavy atom. The smallest absolute Gasteiger partial charge is 0.307 e. The fraction of sp³-hybridized carbons (Fsp3) is 0.375. The number of anilines is 1. The molecule has 2 rings (SSSR count). The van der Waals surface area contributed by atoms with Crippen LogP contribution in [0.15, 0.2) is 30.4 Å². The summed E-state index contributed by atoms with van der Waals surface area (Å²) in [5.41, 5.74) is 1.56. The van der Waals surface area contributed by atoms with Crippen LogP contribution in [-0.2, 0) is 9.59 Å². The Kier molecular flexibility index (Phi) is 4.62. The van der Waals surface area contributed by atoms with Crippen LogP contribution in [-0.4, -0.2) is 24.1 Å². The Hall–Kier alpha value is -2.30. The Morgan fingerprint density at radius 1 is 1.24 bits per heavy atom. The average molecular weight is 289 g/mol. The van der Waals surface area contributed by atoms with Gasteiger partial charge in [-0.1, -0.05) is 18.2 Å². The third-order valence-electron chi connectivity index (χ3n) is 3.70. The first kappa shape index (κ1) is 15.1. The molecule has 0 spiro atoms. The summed E-state index contributed by atoms with van der Waals surface area (Å²) in [6.07, 6.45) is 4.50. The zero-order valence-corrected chi connectivity index (χ0v) is 12.1. The van der Waals surface area contributed by atoms with Crippen LogP contribution in [0.4, 0.5) is 5.69 Å². The van der Waals surface area contributed by atoms with Crippen LogP contribution in [0.5, 0.6) is 5.75 Å². The quantitative estimate of drug-likeness (QED) is 0.835. The van der Waals surface area contributed by atoms with Crippen LogP contribution in [0, 0.1) is 18.8 Å². The molecule has 112 valence electrons. The molecule has 5 nitrogen and oxygen atoms in total. The Bertz CT molecular complexity index is 580. The number of carbonyl (C=O) groups excluding carboxylic acids is 1. The number of carboxylic acid groups (broad SMARTS) is 1. The Labute approximate surface area is 123 Å². The number of amides is 1. The highest BCUT2D eigenvalue weighted by atomic mass is 16.5. The van der Waals surface area contributed by atoms with Gasteiger partial charge in [0.05, 0.1) is 24.6 Å². The van der Waals surface area contributed by atoms with Gasteiger partial charge in [0.15, 0.2) is 0 Å². The summed E-state index contributed by atoms with van der Waals surface area (Å²) >= 11 is 0. The van der Waals surface area contributed by atoms with E-state index in [9.17, 15) is 14.7 Å². The van der Waals surface area contributed by atoms with E-state index < -0.39 is 17.8 Å². The second kappa shape index (κ2) is 6.43. The van der Waals surface area contributed by atoms with Crippen molar-refractivity contribution in [3.05, 3.63) is 35.9 Å². The van der Waals surface area contributed by atoms with Crippen LogP contribution >= 0.6 is 0 Å². The SMILES string of the molecule is COc1ccc(C)cc1NC(=O)[C@@H]1CC=CC[C@H]1C(=O)O. The molecule has 1 aliphatic rings. The van der Waals surface area contributed by atoms with E-state index in [0.29, 0.717) is 24.3 Å². The lowest BCUT2D eigenvalue weighted by Gasteiger charge is -2.24. The second-order valence-corrected chi connectivity index (χ2v) is 5.19.